The van der Waals surface area contributed by atoms with Crippen molar-refractivity contribution in [2.24, 2.45) is 5.73 Å². The monoisotopic (exact) mass is 229 g/mol. The molecule has 0 spiro atoms. The van der Waals surface area contributed by atoms with Crippen molar-refractivity contribution in [3.63, 3.8) is 0 Å². The molecule has 0 saturated carbocycles. The predicted molar refractivity (Wildman–Crippen MR) is 60.1 cm³/mol. The largest absolute Gasteiger partial charge is 0.326 e. The summed E-state index contributed by atoms with van der Waals surface area (Å²) >= 11 is 0. The average Bonchev–Trinajstić information content (AvgIpc) is 2.15. The number of hydrogen-bond acceptors (Lipinski definition) is 4. The van der Waals surface area contributed by atoms with Crippen LogP contribution in [0.1, 0.15) is 11.1 Å². The molecule has 5 nitrogen and oxygen atoms in total. The van der Waals surface area contributed by atoms with Crippen molar-refractivity contribution in [2.75, 3.05) is 17.6 Å². The number of nitrogens with zero attached hydrogens (tertiary/aromatic N) is 2. The van der Waals surface area contributed by atoms with Crippen molar-refractivity contribution in [3.05, 3.63) is 23.4 Å². The van der Waals surface area contributed by atoms with E-state index in [2.05, 4.69) is 4.98 Å². The molecule has 2 N–H and O–H groups in total. The molecule has 15 heavy (non-hydrogen) atoms. The molecule has 84 valence electrons. The first-order chi connectivity index (χ1) is 6.86. The fourth-order valence-electron chi connectivity index (χ4n) is 1.21. The fourth-order valence-corrected chi connectivity index (χ4v) is 1.69. The lowest BCUT2D eigenvalue weighted by Crippen LogP contribution is -2.27. The van der Waals surface area contributed by atoms with Gasteiger partial charge in [-0.1, -0.05) is 0 Å². The van der Waals surface area contributed by atoms with Crippen LogP contribution in [0.4, 0.5) is 5.82 Å². The number of aromatic nitrogens is 1. The Labute approximate surface area is 90.0 Å². The molecule has 0 fully saturated rings. The molecule has 0 aromatic carbocycles. The Balaban J connectivity index is 3.26. The van der Waals surface area contributed by atoms with Gasteiger partial charge in [-0.05, 0) is 18.6 Å². The van der Waals surface area contributed by atoms with Crippen molar-refractivity contribution in [2.45, 2.75) is 13.5 Å². The van der Waals surface area contributed by atoms with Gasteiger partial charge in [-0.15, -0.1) is 0 Å². The van der Waals surface area contributed by atoms with E-state index in [1.807, 2.05) is 13.0 Å². The number of hydrogen-bond donors (Lipinski definition) is 1. The maximum atomic E-state index is 11.3. The van der Waals surface area contributed by atoms with Crippen LogP contribution >= 0.6 is 0 Å². The summed E-state index contributed by atoms with van der Waals surface area (Å²) in [5, 5.41) is 0. The Kier molecular flexibility index (Phi) is 3.31. The van der Waals surface area contributed by atoms with E-state index < -0.39 is 10.0 Å². The highest BCUT2D eigenvalue weighted by Gasteiger charge is 2.16. The quantitative estimate of drug-likeness (QED) is 0.805. The van der Waals surface area contributed by atoms with Crippen LogP contribution in [0.25, 0.3) is 0 Å². The lowest BCUT2D eigenvalue weighted by molar-refractivity contribution is 0.599. The second-order valence-electron chi connectivity index (χ2n) is 3.43. The molecule has 0 atom stereocenters. The Morgan fingerprint density at radius 2 is 2.13 bits per heavy atom. The summed E-state index contributed by atoms with van der Waals surface area (Å²) in [6, 6.07) is 1.84. The van der Waals surface area contributed by atoms with Crippen LogP contribution < -0.4 is 10.0 Å². The zero-order chi connectivity index (χ0) is 11.6. The van der Waals surface area contributed by atoms with Crippen LogP contribution in [0.15, 0.2) is 12.3 Å². The topological polar surface area (TPSA) is 76.3 Å². The molecule has 6 heteroatoms. The zero-order valence-electron chi connectivity index (χ0n) is 9.06. The first-order valence-electron chi connectivity index (χ1n) is 4.45. The molecule has 1 heterocycles. The smallest absolute Gasteiger partial charge is 0.233 e. The Morgan fingerprint density at radius 3 is 2.60 bits per heavy atom. The molecular weight excluding hydrogens is 214 g/mol. The van der Waals surface area contributed by atoms with Gasteiger partial charge in [0.1, 0.15) is 5.82 Å². The molecule has 1 rings (SSSR count). The van der Waals surface area contributed by atoms with E-state index >= 15 is 0 Å². The van der Waals surface area contributed by atoms with E-state index in [1.54, 1.807) is 6.20 Å². The molecule has 0 aliphatic carbocycles. The van der Waals surface area contributed by atoms with E-state index in [0.717, 1.165) is 21.7 Å². The van der Waals surface area contributed by atoms with Gasteiger partial charge in [0, 0.05) is 25.4 Å². The van der Waals surface area contributed by atoms with Crippen LogP contribution in [-0.4, -0.2) is 26.7 Å². The highest BCUT2D eigenvalue weighted by molar-refractivity contribution is 7.92. The summed E-state index contributed by atoms with van der Waals surface area (Å²) in [4.78, 5) is 4.08. The van der Waals surface area contributed by atoms with Crippen LogP contribution in [0, 0.1) is 6.92 Å². The molecule has 0 bridgehead atoms. The second-order valence-corrected chi connectivity index (χ2v) is 5.44. The van der Waals surface area contributed by atoms with E-state index in [1.165, 1.54) is 7.05 Å². The molecule has 0 aliphatic heterocycles. The Morgan fingerprint density at radius 1 is 1.53 bits per heavy atom. The fraction of sp³-hybridized carbons (Fsp3) is 0.444. The van der Waals surface area contributed by atoms with E-state index in [0.29, 0.717) is 5.82 Å². The van der Waals surface area contributed by atoms with E-state index in [-0.39, 0.29) is 6.54 Å². The number of pyridine rings is 1. The Hall–Kier alpha value is -1.14. The van der Waals surface area contributed by atoms with Crippen LogP contribution in [0.3, 0.4) is 0 Å². The number of sulfonamides is 1. The standard InChI is InChI=1S/C9H15N3O2S/c1-7-4-8(5-10)9(11-6-7)12(2)15(3,13)14/h4,6H,5,10H2,1-3H3. The summed E-state index contributed by atoms with van der Waals surface area (Å²) in [5.74, 6) is 0.394. The van der Waals surface area contributed by atoms with E-state index in [9.17, 15) is 8.42 Å². The minimum Gasteiger partial charge on any atom is -0.326 e. The summed E-state index contributed by atoms with van der Waals surface area (Å²) in [5.41, 5.74) is 7.22. The number of anilines is 1. The molecule has 0 radical (unpaired) electrons. The van der Waals surface area contributed by atoms with Gasteiger partial charge in [-0.2, -0.15) is 0 Å². The third-order valence-corrected chi connectivity index (χ3v) is 3.26. The van der Waals surface area contributed by atoms with Crippen molar-refractivity contribution in [1.29, 1.82) is 0 Å². The van der Waals surface area contributed by atoms with Crippen molar-refractivity contribution < 1.29 is 8.42 Å². The lowest BCUT2D eigenvalue weighted by atomic mass is 10.2. The lowest BCUT2D eigenvalue weighted by Gasteiger charge is -2.18. The third kappa shape index (κ3) is 2.66. The first kappa shape index (κ1) is 11.9. The summed E-state index contributed by atoms with van der Waals surface area (Å²) in [6.45, 7) is 2.15. The first-order valence-corrected chi connectivity index (χ1v) is 6.30. The van der Waals surface area contributed by atoms with Gasteiger partial charge in [0.05, 0.1) is 6.26 Å². The van der Waals surface area contributed by atoms with Gasteiger partial charge >= 0.3 is 0 Å². The van der Waals surface area contributed by atoms with E-state index in [4.69, 9.17) is 5.73 Å². The van der Waals surface area contributed by atoms with Gasteiger partial charge < -0.3 is 5.73 Å². The van der Waals surface area contributed by atoms with Crippen LogP contribution in [0.5, 0.6) is 0 Å². The highest BCUT2D eigenvalue weighted by atomic mass is 32.2. The number of rotatable bonds is 3. The molecular formula is C9H15N3O2S. The van der Waals surface area contributed by atoms with Gasteiger partial charge in [0.2, 0.25) is 10.0 Å². The highest BCUT2D eigenvalue weighted by Crippen LogP contribution is 2.18. The average molecular weight is 229 g/mol. The molecule has 1 aromatic rings. The maximum Gasteiger partial charge on any atom is 0.233 e. The van der Waals surface area contributed by atoms with Gasteiger partial charge in [0.25, 0.3) is 0 Å². The molecule has 0 amide bonds. The summed E-state index contributed by atoms with van der Waals surface area (Å²) in [6.07, 6.45) is 2.75. The molecule has 0 saturated heterocycles. The minimum absolute atomic E-state index is 0.268. The van der Waals surface area contributed by atoms with Gasteiger partial charge in [-0.25, -0.2) is 13.4 Å². The van der Waals surface area contributed by atoms with Gasteiger partial charge in [-0.3, -0.25) is 4.31 Å². The minimum atomic E-state index is -3.29. The second kappa shape index (κ2) is 4.16. The van der Waals surface area contributed by atoms with Crippen molar-refractivity contribution in [1.82, 2.24) is 4.98 Å². The molecule has 0 unspecified atom stereocenters. The molecule has 1 aromatic heterocycles. The summed E-state index contributed by atoms with van der Waals surface area (Å²) < 4.78 is 23.8. The van der Waals surface area contributed by atoms with Crippen LogP contribution in [0.2, 0.25) is 0 Å². The maximum absolute atomic E-state index is 11.3. The SMILES string of the molecule is Cc1cnc(N(C)S(C)(=O)=O)c(CN)c1. The summed E-state index contributed by atoms with van der Waals surface area (Å²) in [7, 11) is -1.82. The molecule has 0 aliphatic rings. The third-order valence-electron chi connectivity index (χ3n) is 2.10. The number of nitrogens with two attached hydrogens (primary N) is 1. The zero-order valence-corrected chi connectivity index (χ0v) is 9.87. The number of aryl methyl sites for hydroxylation is 1. The van der Waals surface area contributed by atoms with Crippen LogP contribution in [-0.2, 0) is 16.6 Å². The van der Waals surface area contributed by atoms with Gasteiger partial charge in [0.15, 0.2) is 0 Å². The Bertz CT molecular complexity index is 456. The predicted octanol–water partition coefficient (Wildman–Crippen LogP) is 0.245. The normalized spacial score (nSPS) is 11.5. The van der Waals surface area contributed by atoms with Crippen molar-refractivity contribution >= 4 is 15.8 Å². The van der Waals surface area contributed by atoms with Crippen molar-refractivity contribution in [3.8, 4) is 0 Å².